The predicted molar refractivity (Wildman–Crippen MR) is 129 cm³/mol. The van der Waals surface area contributed by atoms with Crippen LogP contribution < -0.4 is 5.43 Å². The van der Waals surface area contributed by atoms with Gasteiger partial charge in [-0.25, -0.2) is 4.79 Å². The normalized spacial score (nSPS) is 11.5. The fourth-order valence-corrected chi connectivity index (χ4v) is 3.49. The minimum absolute atomic E-state index is 0.308. The Morgan fingerprint density at radius 3 is 1.93 bits per heavy atom. The minimum atomic E-state index is -0.308. The Balaban J connectivity index is 2.27. The van der Waals surface area contributed by atoms with E-state index in [0.717, 1.165) is 18.5 Å². The van der Waals surface area contributed by atoms with Crippen molar-refractivity contribution in [2.45, 2.75) is 111 Å². The number of nitrogens with one attached hydrogen (secondary N) is 1. The summed E-state index contributed by atoms with van der Waals surface area (Å²) in [4.78, 5) is 12.2. The van der Waals surface area contributed by atoms with Gasteiger partial charge in [0.15, 0.2) is 0 Å². The number of esters is 1. The van der Waals surface area contributed by atoms with Crippen molar-refractivity contribution in [1.82, 2.24) is 0 Å². The van der Waals surface area contributed by atoms with Gasteiger partial charge in [-0.2, -0.15) is 5.10 Å². The van der Waals surface area contributed by atoms with Crippen molar-refractivity contribution in [3.05, 3.63) is 29.3 Å². The van der Waals surface area contributed by atoms with Gasteiger partial charge in [-0.3, -0.25) is 5.43 Å². The molecule has 4 heteroatoms. The maximum Gasteiger partial charge on any atom is 0.354 e. The van der Waals surface area contributed by atoms with Crippen molar-refractivity contribution in [3.63, 3.8) is 0 Å². The van der Waals surface area contributed by atoms with Gasteiger partial charge in [0.1, 0.15) is 5.71 Å². The number of carbonyl (C=O) groups is 1. The summed E-state index contributed by atoms with van der Waals surface area (Å²) in [6.07, 6.45) is 16.3. The van der Waals surface area contributed by atoms with Crippen molar-refractivity contribution in [3.8, 4) is 0 Å². The molecule has 0 aliphatic rings. The minimum Gasteiger partial charge on any atom is -0.461 e. The van der Waals surface area contributed by atoms with Gasteiger partial charge in [0, 0.05) is 0 Å². The lowest BCUT2D eigenvalue weighted by Crippen LogP contribution is -2.19. The van der Waals surface area contributed by atoms with Gasteiger partial charge in [0.25, 0.3) is 0 Å². The standard InChI is InChI=1S/C26H44N2O2/c1-5-7-8-9-10-11-12-13-14-15-16-17-18-25(26(29)30-6-2)28-27-24-20-19-22(3)23(4)21-24/h19-21,27H,5-18H2,1-4H3/b28-25-. The van der Waals surface area contributed by atoms with Crippen LogP contribution in [0.5, 0.6) is 0 Å². The molecular weight excluding hydrogens is 372 g/mol. The van der Waals surface area contributed by atoms with E-state index >= 15 is 0 Å². The number of hydrazone groups is 1. The highest BCUT2D eigenvalue weighted by molar-refractivity contribution is 6.36. The fourth-order valence-electron chi connectivity index (χ4n) is 3.49. The Bertz CT molecular complexity index is 625. The summed E-state index contributed by atoms with van der Waals surface area (Å²) in [5, 5.41) is 4.36. The van der Waals surface area contributed by atoms with Crippen molar-refractivity contribution >= 4 is 17.4 Å². The molecule has 1 N–H and O–H groups in total. The van der Waals surface area contributed by atoms with E-state index in [1.165, 1.54) is 75.3 Å². The molecule has 0 atom stereocenters. The zero-order valence-corrected chi connectivity index (χ0v) is 19.9. The molecule has 0 radical (unpaired) electrons. The van der Waals surface area contributed by atoms with E-state index in [2.05, 4.69) is 37.4 Å². The molecule has 0 aromatic heterocycles. The van der Waals surface area contributed by atoms with Crippen molar-refractivity contribution in [2.24, 2.45) is 5.10 Å². The molecule has 0 aliphatic carbocycles. The lowest BCUT2D eigenvalue weighted by molar-refractivity contribution is -0.135. The lowest BCUT2D eigenvalue weighted by atomic mass is 10.0. The topological polar surface area (TPSA) is 50.7 Å². The van der Waals surface area contributed by atoms with E-state index in [9.17, 15) is 4.79 Å². The first-order valence-electron chi connectivity index (χ1n) is 12.1. The van der Waals surface area contributed by atoms with E-state index in [1.54, 1.807) is 0 Å². The second-order valence-electron chi connectivity index (χ2n) is 8.33. The third-order valence-electron chi connectivity index (χ3n) is 5.61. The largest absolute Gasteiger partial charge is 0.461 e. The third-order valence-corrected chi connectivity index (χ3v) is 5.61. The number of carbonyl (C=O) groups excluding carboxylic acids is 1. The van der Waals surface area contributed by atoms with Gasteiger partial charge >= 0.3 is 5.97 Å². The fraction of sp³-hybridized carbons (Fsp3) is 0.692. The second kappa shape index (κ2) is 16.9. The molecule has 0 bridgehead atoms. The molecule has 30 heavy (non-hydrogen) atoms. The quantitative estimate of drug-likeness (QED) is 0.122. The summed E-state index contributed by atoms with van der Waals surface area (Å²) >= 11 is 0. The van der Waals surface area contributed by atoms with Gasteiger partial charge in [-0.1, -0.05) is 83.6 Å². The molecule has 1 rings (SSSR count). The van der Waals surface area contributed by atoms with Gasteiger partial charge in [0.05, 0.1) is 12.3 Å². The summed E-state index contributed by atoms with van der Waals surface area (Å²) in [7, 11) is 0. The molecular formula is C26H44N2O2. The smallest absolute Gasteiger partial charge is 0.354 e. The van der Waals surface area contributed by atoms with Crippen LogP contribution in [0.4, 0.5) is 5.69 Å². The summed E-state index contributed by atoms with van der Waals surface area (Å²) in [5.41, 5.74) is 6.86. The van der Waals surface area contributed by atoms with Gasteiger partial charge in [-0.05, 0) is 56.9 Å². The average Bonchev–Trinajstić information content (AvgIpc) is 2.73. The van der Waals surface area contributed by atoms with E-state index in [0.29, 0.717) is 18.7 Å². The molecule has 1 aromatic rings. The summed E-state index contributed by atoms with van der Waals surface area (Å²) < 4.78 is 5.18. The number of aryl methyl sites for hydroxylation is 2. The maximum absolute atomic E-state index is 12.2. The Labute approximate surface area is 184 Å². The number of ether oxygens (including phenoxy) is 1. The first-order valence-corrected chi connectivity index (χ1v) is 12.1. The Kier molecular flexibility index (Phi) is 14.8. The van der Waals surface area contributed by atoms with Crippen LogP contribution in [0.1, 0.15) is 108 Å². The van der Waals surface area contributed by atoms with Gasteiger partial charge < -0.3 is 4.74 Å². The van der Waals surface area contributed by atoms with Crippen LogP contribution in [0, 0.1) is 13.8 Å². The third kappa shape index (κ3) is 12.0. The summed E-state index contributed by atoms with van der Waals surface area (Å²) in [6.45, 7) is 8.63. The average molecular weight is 417 g/mol. The van der Waals surface area contributed by atoms with Crippen LogP contribution in [0.3, 0.4) is 0 Å². The molecule has 0 amide bonds. The highest BCUT2D eigenvalue weighted by Gasteiger charge is 2.12. The van der Waals surface area contributed by atoms with Gasteiger partial charge in [-0.15, -0.1) is 0 Å². The van der Waals surface area contributed by atoms with Gasteiger partial charge in [0.2, 0.25) is 0 Å². The molecule has 0 heterocycles. The van der Waals surface area contributed by atoms with Crippen LogP contribution in [-0.4, -0.2) is 18.3 Å². The Hall–Kier alpha value is -1.84. The number of benzene rings is 1. The molecule has 1 aromatic carbocycles. The SMILES string of the molecule is CCCCCCCCCCCCCC/C(=N/Nc1ccc(C)c(C)c1)C(=O)OCC. The Morgan fingerprint density at radius 1 is 0.833 bits per heavy atom. The molecule has 0 saturated heterocycles. The molecule has 0 saturated carbocycles. The molecule has 0 fully saturated rings. The second-order valence-corrected chi connectivity index (χ2v) is 8.33. The first-order chi connectivity index (χ1) is 14.6. The van der Waals surface area contributed by atoms with Crippen molar-refractivity contribution in [1.29, 1.82) is 0 Å². The number of anilines is 1. The molecule has 0 spiro atoms. The van der Waals surface area contributed by atoms with E-state index in [1.807, 2.05) is 19.1 Å². The van der Waals surface area contributed by atoms with E-state index in [-0.39, 0.29) is 5.97 Å². The summed E-state index contributed by atoms with van der Waals surface area (Å²) in [5.74, 6) is -0.308. The number of hydrogen-bond acceptors (Lipinski definition) is 4. The number of unbranched alkanes of at least 4 members (excludes halogenated alkanes) is 11. The predicted octanol–water partition coefficient (Wildman–Crippen LogP) is 7.73. The molecule has 0 aliphatic heterocycles. The number of rotatable bonds is 17. The van der Waals surface area contributed by atoms with E-state index < -0.39 is 0 Å². The van der Waals surface area contributed by atoms with Crippen LogP contribution in [0.2, 0.25) is 0 Å². The highest BCUT2D eigenvalue weighted by Crippen LogP contribution is 2.15. The molecule has 170 valence electrons. The maximum atomic E-state index is 12.2. The van der Waals surface area contributed by atoms with Crippen LogP contribution >= 0.6 is 0 Å². The monoisotopic (exact) mass is 416 g/mol. The van der Waals surface area contributed by atoms with Crippen LogP contribution in [0.15, 0.2) is 23.3 Å². The van der Waals surface area contributed by atoms with Crippen LogP contribution in [0.25, 0.3) is 0 Å². The number of hydrogen-bond donors (Lipinski definition) is 1. The van der Waals surface area contributed by atoms with Crippen LogP contribution in [-0.2, 0) is 9.53 Å². The lowest BCUT2D eigenvalue weighted by Gasteiger charge is -2.09. The zero-order valence-electron chi connectivity index (χ0n) is 19.9. The number of nitrogens with zero attached hydrogens (tertiary/aromatic N) is 1. The molecule has 4 nitrogen and oxygen atoms in total. The zero-order chi connectivity index (χ0) is 22.0. The molecule has 0 unspecified atom stereocenters. The Morgan fingerprint density at radius 2 is 1.40 bits per heavy atom. The summed E-state index contributed by atoms with van der Waals surface area (Å²) in [6, 6.07) is 6.09. The highest BCUT2D eigenvalue weighted by atomic mass is 16.5. The van der Waals surface area contributed by atoms with Crippen molar-refractivity contribution in [2.75, 3.05) is 12.0 Å². The van der Waals surface area contributed by atoms with Crippen molar-refractivity contribution < 1.29 is 9.53 Å². The first kappa shape index (κ1) is 26.2. The van der Waals surface area contributed by atoms with E-state index in [4.69, 9.17) is 4.74 Å².